The molecule has 1 rings (SSSR count). The number of phenolic OH excluding ortho intramolecular Hbond substituents is 2. The Kier molecular flexibility index (Phi) is 3.24. The molecule has 0 saturated carbocycles. The molecule has 5 heteroatoms. The number of rotatable bonds is 2. The van der Waals surface area contributed by atoms with Gasteiger partial charge in [-0.25, -0.2) is 0 Å². The van der Waals surface area contributed by atoms with Crippen LogP contribution in [0.5, 0.6) is 11.5 Å². The van der Waals surface area contributed by atoms with Crippen LogP contribution in [0.4, 0.5) is 0 Å². The van der Waals surface area contributed by atoms with Gasteiger partial charge in [0.05, 0.1) is 10.6 Å². The summed E-state index contributed by atoms with van der Waals surface area (Å²) < 4.78 is 0. The third kappa shape index (κ3) is 1.79. The van der Waals surface area contributed by atoms with E-state index in [0.717, 1.165) is 0 Å². The van der Waals surface area contributed by atoms with Gasteiger partial charge in [0.25, 0.3) is 0 Å². The molecule has 0 saturated heterocycles. The van der Waals surface area contributed by atoms with Crippen molar-refractivity contribution in [3.63, 3.8) is 0 Å². The Morgan fingerprint density at radius 1 is 1.36 bits per heavy atom. The fourth-order valence-corrected chi connectivity index (χ4v) is 1.46. The molecule has 0 aromatic heterocycles. The summed E-state index contributed by atoms with van der Waals surface area (Å²) >= 11 is 11.1. The molecule has 0 aliphatic carbocycles. The van der Waals surface area contributed by atoms with Gasteiger partial charge in [0.1, 0.15) is 10.8 Å². The SMILES string of the molecule is CCC(=O)c1cc(Cl)c(O)c(Cl)c1O. The van der Waals surface area contributed by atoms with Crippen LogP contribution in [-0.2, 0) is 0 Å². The van der Waals surface area contributed by atoms with Gasteiger partial charge in [-0.2, -0.15) is 0 Å². The average Bonchev–Trinajstić information content (AvgIpc) is 2.19. The molecule has 0 unspecified atom stereocenters. The maximum atomic E-state index is 11.3. The molecule has 1 aromatic rings. The fraction of sp³-hybridized carbons (Fsp3) is 0.222. The van der Waals surface area contributed by atoms with Gasteiger partial charge in [-0.1, -0.05) is 30.1 Å². The quantitative estimate of drug-likeness (QED) is 0.774. The first-order valence-electron chi connectivity index (χ1n) is 3.92. The molecule has 14 heavy (non-hydrogen) atoms. The van der Waals surface area contributed by atoms with E-state index in [-0.39, 0.29) is 27.8 Å². The Labute approximate surface area is 90.9 Å². The van der Waals surface area contributed by atoms with Crippen LogP contribution in [0, 0.1) is 0 Å². The summed E-state index contributed by atoms with van der Waals surface area (Å²) in [6.07, 6.45) is 0.227. The Morgan fingerprint density at radius 2 is 1.93 bits per heavy atom. The van der Waals surface area contributed by atoms with Crippen molar-refractivity contribution in [3.05, 3.63) is 21.7 Å². The monoisotopic (exact) mass is 234 g/mol. The zero-order chi connectivity index (χ0) is 10.9. The van der Waals surface area contributed by atoms with Gasteiger partial charge in [-0.3, -0.25) is 4.79 Å². The van der Waals surface area contributed by atoms with Crippen LogP contribution in [0.1, 0.15) is 23.7 Å². The molecule has 0 heterocycles. The highest BCUT2D eigenvalue weighted by Crippen LogP contribution is 2.41. The number of aromatic hydroxyl groups is 2. The minimum Gasteiger partial charge on any atom is -0.505 e. The second kappa shape index (κ2) is 4.07. The first-order chi connectivity index (χ1) is 6.49. The maximum absolute atomic E-state index is 11.3. The molecule has 2 N–H and O–H groups in total. The summed E-state index contributed by atoms with van der Waals surface area (Å²) in [5.74, 6) is -1.13. The van der Waals surface area contributed by atoms with E-state index >= 15 is 0 Å². The Hall–Kier alpha value is -0.930. The van der Waals surface area contributed by atoms with Crippen LogP contribution in [0.25, 0.3) is 0 Å². The van der Waals surface area contributed by atoms with Crippen molar-refractivity contribution in [1.82, 2.24) is 0 Å². The summed E-state index contributed by atoms with van der Waals surface area (Å²) in [6.45, 7) is 1.65. The summed E-state index contributed by atoms with van der Waals surface area (Å²) in [7, 11) is 0. The zero-order valence-electron chi connectivity index (χ0n) is 7.34. The maximum Gasteiger partial charge on any atom is 0.166 e. The van der Waals surface area contributed by atoms with E-state index in [1.165, 1.54) is 6.07 Å². The Balaban J connectivity index is 3.40. The Bertz CT molecular complexity index is 388. The molecular formula is C9H8Cl2O3. The van der Waals surface area contributed by atoms with Crippen molar-refractivity contribution in [1.29, 1.82) is 0 Å². The van der Waals surface area contributed by atoms with Crippen LogP contribution in [0.15, 0.2) is 6.07 Å². The molecular weight excluding hydrogens is 227 g/mol. The van der Waals surface area contributed by atoms with Crippen LogP contribution in [0.3, 0.4) is 0 Å². The molecule has 0 aliphatic heterocycles. The molecule has 0 radical (unpaired) electrons. The van der Waals surface area contributed by atoms with Crippen molar-refractivity contribution in [2.24, 2.45) is 0 Å². The van der Waals surface area contributed by atoms with Gasteiger partial charge in [-0.15, -0.1) is 0 Å². The van der Waals surface area contributed by atoms with Crippen LogP contribution in [0.2, 0.25) is 10.0 Å². The van der Waals surface area contributed by atoms with Crippen molar-refractivity contribution >= 4 is 29.0 Å². The van der Waals surface area contributed by atoms with Gasteiger partial charge in [0.15, 0.2) is 11.5 Å². The smallest absolute Gasteiger partial charge is 0.166 e. The standard InChI is InChI=1S/C9H8Cl2O3/c1-2-6(12)4-3-5(10)9(14)7(11)8(4)13/h3,13-14H,2H2,1H3. The van der Waals surface area contributed by atoms with Crippen LogP contribution in [-0.4, -0.2) is 16.0 Å². The highest BCUT2D eigenvalue weighted by atomic mass is 35.5. The molecule has 3 nitrogen and oxygen atoms in total. The number of halogens is 2. The minimum atomic E-state index is -0.430. The normalized spacial score (nSPS) is 10.2. The molecule has 0 aliphatic rings. The van der Waals surface area contributed by atoms with Gasteiger partial charge in [-0.05, 0) is 6.07 Å². The number of Topliss-reactive ketones (excluding diaryl/α,β-unsaturated/α-hetero) is 1. The van der Waals surface area contributed by atoms with Crippen LogP contribution < -0.4 is 0 Å². The zero-order valence-corrected chi connectivity index (χ0v) is 8.85. The summed E-state index contributed by atoms with van der Waals surface area (Å²) in [6, 6.07) is 1.20. The topological polar surface area (TPSA) is 57.5 Å². The first-order valence-corrected chi connectivity index (χ1v) is 4.67. The van der Waals surface area contributed by atoms with E-state index in [4.69, 9.17) is 23.2 Å². The highest BCUT2D eigenvalue weighted by Gasteiger charge is 2.18. The number of benzene rings is 1. The number of carbonyl (C=O) groups excluding carboxylic acids is 1. The van der Waals surface area contributed by atoms with E-state index < -0.39 is 11.5 Å². The largest absolute Gasteiger partial charge is 0.505 e. The summed E-state index contributed by atoms with van der Waals surface area (Å²) in [5, 5.41) is 18.3. The average molecular weight is 235 g/mol. The lowest BCUT2D eigenvalue weighted by Crippen LogP contribution is -1.97. The third-order valence-corrected chi connectivity index (χ3v) is 2.44. The molecule has 1 aromatic carbocycles. The van der Waals surface area contributed by atoms with Crippen molar-refractivity contribution in [2.75, 3.05) is 0 Å². The Morgan fingerprint density at radius 3 is 2.43 bits per heavy atom. The van der Waals surface area contributed by atoms with E-state index in [2.05, 4.69) is 0 Å². The van der Waals surface area contributed by atoms with E-state index in [1.807, 2.05) is 0 Å². The molecule has 0 fully saturated rings. The second-order valence-corrected chi connectivity index (χ2v) is 3.48. The predicted octanol–water partition coefficient (Wildman–Crippen LogP) is 3.00. The second-order valence-electron chi connectivity index (χ2n) is 2.69. The number of carbonyl (C=O) groups is 1. The lowest BCUT2D eigenvalue weighted by molar-refractivity contribution is 0.0985. The molecule has 0 atom stereocenters. The highest BCUT2D eigenvalue weighted by molar-refractivity contribution is 6.38. The lowest BCUT2D eigenvalue weighted by atomic mass is 10.1. The predicted molar refractivity (Wildman–Crippen MR) is 54.4 cm³/mol. The van der Waals surface area contributed by atoms with Crippen molar-refractivity contribution in [2.45, 2.75) is 13.3 Å². The van der Waals surface area contributed by atoms with Crippen molar-refractivity contribution in [3.8, 4) is 11.5 Å². The van der Waals surface area contributed by atoms with E-state index in [0.29, 0.717) is 0 Å². The summed E-state index contributed by atoms with van der Waals surface area (Å²) in [4.78, 5) is 11.3. The summed E-state index contributed by atoms with van der Waals surface area (Å²) in [5.41, 5.74) is 0.0281. The first kappa shape index (κ1) is 11.1. The number of hydrogen-bond donors (Lipinski definition) is 2. The number of ketones is 1. The molecule has 0 spiro atoms. The van der Waals surface area contributed by atoms with E-state index in [1.54, 1.807) is 6.92 Å². The number of phenols is 2. The molecule has 76 valence electrons. The third-order valence-electron chi connectivity index (χ3n) is 1.79. The van der Waals surface area contributed by atoms with Gasteiger partial charge >= 0.3 is 0 Å². The van der Waals surface area contributed by atoms with E-state index in [9.17, 15) is 15.0 Å². The van der Waals surface area contributed by atoms with Crippen molar-refractivity contribution < 1.29 is 15.0 Å². The molecule has 0 amide bonds. The molecule has 0 bridgehead atoms. The minimum absolute atomic E-state index is 0.0281. The van der Waals surface area contributed by atoms with Gasteiger partial charge in [0, 0.05) is 6.42 Å². The fourth-order valence-electron chi connectivity index (χ4n) is 1.00. The lowest BCUT2D eigenvalue weighted by Gasteiger charge is -2.07. The van der Waals surface area contributed by atoms with Gasteiger partial charge < -0.3 is 10.2 Å². The van der Waals surface area contributed by atoms with Crippen LogP contribution >= 0.6 is 23.2 Å². The van der Waals surface area contributed by atoms with Gasteiger partial charge in [0.2, 0.25) is 0 Å². The number of hydrogen-bond acceptors (Lipinski definition) is 3.